The summed E-state index contributed by atoms with van der Waals surface area (Å²) >= 11 is 0. The van der Waals surface area contributed by atoms with Crippen LogP contribution >= 0.6 is 0 Å². The lowest BCUT2D eigenvalue weighted by Crippen LogP contribution is -2.60. The van der Waals surface area contributed by atoms with Gasteiger partial charge >= 0.3 is 24.3 Å². The minimum atomic E-state index is -5.08. The number of pyridine rings is 1. The Balaban J connectivity index is 0.000000804. The molecule has 0 saturated carbocycles. The van der Waals surface area contributed by atoms with Crippen molar-refractivity contribution in [3.8, 4) is 0 Å². The second kappa shape index (κ2) is 15.0. The maximum atomic E-state index is 13.6. The molecule has 3 aromatic rings. The highest BCUT2D eigenvalue weighted by atomic mass is 32.2. The van der Waals surface area contributed by atoms with E-state index in [2.05, 4.69) is 24.1 Å². The average Bonchev–Trinajstić information content (AvgIpc) is 3.03. The third-order valence-electron chi connectivity index (χ3n) is 7.10. The minimum absolute atomic E-state index is 0.0324. The summed E-state index contributed by atoms with van der Waals surface area (Å²) in [5, 5.41) is 19.1. The molecule has 18 heteroatoms. The fourth-order valence-electron chi connectivity index (χ4n) is 4.45. The molecule has 2 heterocycles. The van der Waals surface area contributed by atoms with E-state index in [-0.39, 0.29) is 36.6 Å². The third-order valence-corrected chi connectivity index (χ3v) is 9.02. The number of nitrogens with one attached hydrogen (secondary N) is 1. The van der Waals surface area contributed by atoms with Gasteiger partial charge in [0.25, 0.3) is 0 Å². The number of amides is 1. The molecule has 0 aliphatic carbocycles. The van der Waals surface area contributed by atoms with Gasteiger partial charge in [0.15, 0.2) is 0 Å². The number of carbonyl (C=O) groups excluding carboxylic acids is 1. The molecular weight excluding hydrogens is 674 g/mol. The summed E-state index contributed by atoms with van der Waals surface area (Å²) in [6, 6.07) is 12.3. The number of aromatic carboxylic acids is 1. The van der Waals surface area contributed by atoms with Crippen molar-refractivity contribution in [2.75, 3.05) is 24.5 Å². The van der Waals surface area contributed by atoms with Crippen molar-refractivity contribution in [2.45, 2.75) is 49.6 Å². The summed E-state index contributed by atoms with van der Waals surface area (Å²) < 4.78 is 99.0. The van der Waals surface area contributed by atoms with Crippen molar-refractivity contribution < 1.29 is 59.4 Å². The molecule has 3 N–H and O–H groups in total. The van der Waals surface area contributed by atoms with Crippen molar-refractivity contribution in [1.82, 2.24) is 14.6 Å². The first-order valence-corrected chi connectivity index (χ1v) is 15.5. The molecule has 2 aromatic carbocycles. The van der Waals surface area contributed by atoms with Crippen LogP contribution in [0, 0.1) is 0 Å². The van der Waals surface area contributed by atoms with Gasteiger partial charge in [0.2, 0.25) is 15.9 Å². The normalized spacial score (nSPS) is 15.8. The Kier molecular flexibility index (Phi) is 11.8. The first-order valence-electron chi connectivity index (χ1n) is 14.0. The molecule has 4 rings (SSSR count). The summed E-state index contributed by atoms with van der Waals surface area (Å²) in [6.45, 7) is 4.08. The van der Waals surface area contributed by atoms with Crippen LogP contribution in [0.2, 0.25) is 0 Å². The van der Waals surface area contributed by atoms with Crippen molar-refractivity contribution in [2.24, 2.45) is 0 Å². The predicted octanol–water partition coefficient (Wildman–Crippen LogP) is 4.75. The van der Waals surface area contributed by atoms with Gasteiger partial charge in [-0.25, -0.2) is 23.0 Å². The highest BCUT2D eigenvalue weighted by Gasteiger charge is 2.41. The van der Waals surface area contributed by atoms with E-state index in [0.717, 1.165) is 27.6 Å². The summed E-state index contributed by atoms with van der Waals surface area (Å²) in [6.07, 6.45) is -8.55. The van der Waals surface area contributed by atoms with E-state index in [1.807, 2.05) is 24.3 Å². The highest BCUT2D eigenvalue weighted by molar-refractivity contribution is 7.89. The van der Waals surface area contributed by atoms with Gasteiger partial charge in [-0.15, -0.1) is 0 Å². The molecule has 1 aromatic heterocycles. The minimum Gasteiger partial charge on any atom is -0.478 e. The SMILES string of the molecule is CC(C)c1ccc(CNC(=O)[C@H]2CN(c3ccc(C(=O)O)cn3)CCN2S(=O)(=O)c2ccc(C(F)(F)F)cc2)cc1.O=C(O)C(F)(F)F. The number of nitrogens with zero attached hydrogens (tertiary/aromatic N) is 3. The number of aromatic nitrogens is 1. The van der Waals surface area contributed by atoms with E-state index >= 15 is 0 Å². The number of hydrogen-bond acceptors (Lipinski definition) is 7. The molecule has 1 fully saturated rings. The Morgan fingerprint density at radius 3 is 1.96 bits per heavy atom. The summed E-state index contributed by atoms with van der Waals surface area (Å²) in [4.78, 5) is 39.0. The molecule has 0 bridgehead atoms. The summed E-state index contributed by atoms with van der Waals surface area (Å²) in [5.41, 5.74) is 0.904. The number of anilines is 1. The lowest BCUT2D eigenvalue weighted by molar-refractivity contribution is -0.192. The molecule has 0 spiro atoms. The first kappa shape index (κ1) is 37.7. The number of sulfonamides is 1. The van der Waals surface area contributed by atoms with Crippen LogP contribution in [0.3, 0.4) is 0 Å². The Hall–Kier alpha value is -4.71. The van der Waals surface area contributed by atoms with Crippen molar-refractivity contribution in [1.29, 1.82) is 0 Å². The number of benzene rings is 2. The van der Waals surface area contributed by atoms with Gasteiger partial charge in [0.05, 0.1) is 16.0 Å². The van der Waals surface area contributed by atoms with Crippen LogP contribution in [0.5, 0.6) is 0 Å². The Bertz CT molecular complexity index is 1700. The maximum absolute atomic E-state index is 13.6. The monoisotopic (exact) mass is 704 g/mol. The average molecular weight is 705 g/mol. The first-order chi connectivity index (χ1) is 22.2. The van der Waals surface area contributed by atoms with Crippen LogP contribution in [0.15, 0.2) is 71.8 Å². The molecule has 48 heavy (non-hydrogen) atoms. The van der Waals surface area contributed by atoms with Crippen LogP contribution in [0.25, 0.3) is 0 Å². The number of rotatable bonds is 8. The number of halogens is 6. The lowest BCUT2D eigenvalue weighted by Gasteiger charge is -2.40. The smallest absolute Gasteiger partial charge is 0.478 e. The largest absolute Gasteiger partial charge is 0.490 e. The number of alkyl halides is 6. The van der Waals surface area contributed by atoms with Crippen LogP contribution in [-0.4, -0.2) is 77.6 Å². The molecule has 1 saturated heterocycles. The van der Waals surface area contributed by atoms with Gasteiger partial charge in [0.1, 0.15) is 11.9 Å². The van der Waals surface area contributed by atoms with Gasteiger partial charge in [-0.1, -0.05) is 38.1 Å². The molecule has 1 atom stereocenters. The molecule has 1 aliphatic rings. The zero-order chi connectivity index (χ0) is 36.0. The lowest BCUT2D eigenvalue weighted by atomic mass is 10.0. The molecule has 1 aliphatic heterocycles. The second-order valence-corrected chi connectivity index (χ2v) is 12.6. The number of aliphatic carboxylic acids is 1. The van der Waals surface area contributed by atoms with Crippen LogP contribution in [0.4, 0.5) is 32.2 Å². The van der Waals surface area contributed by atoms with Gasteiger partial charge in [0, 0.05) is 32.4 Å². The molecule has 260 valence electrons. The number of carboxylic acids is 2. The molecule has 0 radical (unpaired) electrons. The molecule has 0 unspecified atom stereocenters. The predicted molar refractivity (Wildman–Crippen MR) is 159 cm³/mol. The summed E-state index contributed by atoms with van der Waals surface area (Å²) in [5.74, 6) is -3.83. The second-order valence-electron chi connectivity index (χ2n) is 10.7. The standard InChI is InChI=1S/C28H29F3N4O5S.C2HF3O2/c1-18(2)20-5-3-19(4-6-20)15-33-26(36)24-17-34(25-12-7-21(16-32-25)27(37)38)13-14-35(24)41(39,40)23-10-8-22(9-11-23)28(29,30)31;3-2(4,5)1(6)7/h3-12,16,18,24H,13-15,17H2,1-2H3,(H,33,36)(H,37,38);(H,6,7)/t24-;/m1./s1. The van der Waals surface area contributed by atoms with E-state index < -0.39 is 51.8 Å². The number of carbonyl (C=O) groups is 3. The van der Waals surface area contributed by atoms with Crippen molar-refractivity contribution in [3.05, 3.63) is 89.1 Å². The quantitative estimate of drug-likeness (QED) is 0.282. The third kappa shape index (κ3) is 9.66. The van der Waals surface area contributed by atoms with Crippen LogP contribution in [0.1, 0.15) is 46.8 Å². The topological polar surface area (TPSA) is 157 Å². The zero-order valence-corrected chi connectivity index (χ0v) is 26.1. The Morgan fingerprint density at radius 2 is 1.50 bits per heavy atom. The molecule has 1 amide bonds. The fraction of sp³-hybridized carbons (Fsp3) is 0.333. The van der Waals surface area contributed by atoms with E-state index in [9.17, 15) is 44.3 Å². The van der Waals surface area contributed by atoms with E-state index in [1.165, 1.54) is 18.3 Å². The van der Waals surface area contributed by atoms with Crippen LogP contribution in [-0.2, 0) is 32.3 Å². The van der Waals surface area contributed by atoms with E-state index in [1.54, 1.807) is 4.90 Å². The highest BCUT2D eigenvalue weighted by Crippen LogP contribution is 2.31. The zero-order valence-electron chi connectivity index (χ0n) is 25.3. The Morgan fingerprint density at radius 1 is 0.917 bits per heavy atom. The van der Waals surface area contributed by atoms with Crippen molar-refractivity contribution in [3.63, 3.8) is 0 Å². The van der Waals surface area contributed by atoms with E-state index in [4.69, 9.17) is 15.0 Å². The molecular formula is C30H30F6N4O7S. The van der Waals surface area contributed by atoms with Gasteiger partial charge in [-0.3, -0.25) is 4.79 Å². The fourth-order valence-corrected chi connectivity index (χ4v) is 6.02. The van der Waals surface area contributed by atoms with E-state index in [0.29, 0.717) is 23.9 Å². The van der Waals surface area contributed by atoms with Crippen LogP contribution < -0.4 is 10.2 Å². The van der Waals surface area contributed by atoms with Gasteiger partial charge in [-0.05, 0) is 53.4 Å². The van der Waals surface area contributed by atoms with Gasteiger partial charge < -0.3 is 20.4 Å². The number of carboxylic acid groups (broad SMARTS) is 2. The molecule has 11 nitrogen and oxygen atoms in total. The summed E-state index contributed by atoms with van der Waals surface area (Å²) in [7, 11) is -4.36. The maximum Gasteiger partial charge on any atom is 0.490 e. The number of hydrogen-bond donors (Lipinski definition) is 3. The number of piperazine rings is 1. The Labute approximate surface area is 270 Å². The van der Waals surface area contributed by atoms with Crippen molar-refractivity contribution >= 4 is 33.7 Å². The van der Waals surface area contributed by atoms with Gasteiger partial charge in [-0.2, -0.15) is 30.6 Å².